The molecule has 0 aliphatic carbocycles. The molecular weight excluding hydrogens is 207 g/mol. The van der Waals surface area contributed by atoms with E-state index in [1.54, 1.807) is 13.0 Å². The predicted molar refractivity (Wildman–Crippen MR) is 61.2 cm³/mol. The number of hydrogen-bond donors (Lipinski definition) is 0. The molecule has 88 valence electrons. The molecule has 1 aromatic rings. The van der Waals surface area contributed by atoms with Crippen LogP contribution in [0.4, 0.5) is 4.39 Å². The lowest BCUT2D eigenvalue weighted by Gasteiger charge is -2.08. The van der Waals surface area contributed by atoms with Crippen LogP contribution in [-0.4, -0.2) is 12.4 Å². The zero-order chi connectivity index (χ0) is 12.0. The van der Waals surface area contributed by atoms with Gasteiger partial charge in [-0.2, -0.15) is 0 Å². The van der Waals surface area contributed by atoms with Gasteiger partial charge in [-0.15, -0.1) is 0 Å². The van der Waals surface area contributed by atoms with E-state index in [1.807, 2.05) is 6.92 Å². The lowest BCUT2D eigenvalue weighted by Crippen LogP contribution is -2.00. The van der Waals surface area contributed by atoms with Gasteiger partial charge in [-0.25, -0.2) is 4.39 Å². The molecule has 0 aliphatic heterocycles. The van der Waals surface area contributed by atoms with E-state index in [0.717, 1.165) is 18.4 Å². The Bertz CT molecular complexity index is 361. The van der Waals surface area contributed by atoms with Crippen LogP contribution in [0.5, 0.6) is 5.75 Å². The number of carbonyl (C=O) groups excluding carboxylic acids is 1. The van der Waals surface area contributed by atoms with E-state index < -0.39 is 0 Å². The molecule has 0 aliphatic rings. The molecule has 0 saturated carbocycles. The first kappa shape index (κ1) is 12.7. The van der Waals surface area contributed by atoms with Gasteiger partial charge in [0.05, 0.1) is 6.61 Å². The highest BCUT2D eigenvalue weighted by molar-refractivity contribution is 5.75. The number of Topliss-reactive ketones (excluding diaryl/α,β-unsaturated/α-hetero) is 1. The van der Waals surface area contributed by atoms with Crippen molar-refractivity contribution in [2.24, 2.45) is 0 Å². The van der Waals surface area contributed by atoms with Crippen molar-refractivity contribution in [1.29, 1.82) is 0 Å². The summed E-state index contributed by atoms with van der Waals surface area (Å²) in [6.07, 6.45) is 2.29. The topological polar surface area (TPSA) is 26.3 Å². The van der Waals surface area contributed by atoms with Crippen molar-refractivity contribution in [3.63, 3.8) is 0 Å². The highest BCUT2D eigenvalue weighted by atomic mass is 19.1. The lowest BCUT2D eigenvalue weighted by molar-refractivity contribution is -0.117. The average molecular weight is 224 g/mol. The number of rotatable bonds is 6. The Labute approximate surface area is 95.4 Å². The van der Waals surface area contributed by atoms with Crippen LogP contribution < -0.4 is 4.74 Å². The molecule has 2 nitrogen and oxygen atoms in total. The zero-order valence-corrected chi connectivity index (χ0v) is 9.75. The first-order chi connectivity index (χ1) is 7.59. The number of hydrogen-bond acceptors (Lipinski definition) is 2. The smallest absolute Gasteiger partial charge is 0.129 e. The average Bonchev–Trinajstić information content (AvgIpc) is 2.20. The Morgan fingerprint density at radius 3 is 2.75 bits per heavy atom. The molecule has 3 heteroatoms. The maximum absolute atomic E-state index is 12.8. The summed E-state index contributed by atoms with van der Waals surface area (Å²) in [6, 6.07) is 4.47. The van der Waals surface area contributed by atoms with Crippen molar-refractivity contribution in [3.05, 3.63) is 29.6 Å². The second-order valence-electron chi connectivity index (χ2n) is 3.92. The number of unbranched alkanes of at least 4 members (excludes halogenated alkanes) is 1. The largest absolute Gasteiger partial charge is 0.493 e. The van der Waals surface area contributed by atoms with E-state index in [4.69, 9.17) is 4.74 Å². The Balaban J connectivity index is 2.29. The Hall–Kier alpha value is -1.38. The van der Waals surface area contributed by atoms with Gasteiger partial charge in [-0.3, -0.25) is 0 Å². The van der Waals surface area contributed by atoms with E-state index in [2.05, 4.69) is 0 Å². The minimum Gasteiger partial charge on any atom is -0.493 e. The molecule has 0 N–H and O–H groups in total. The van der Waals surface area contributed by atoms with Crippen LogP contribution >= 0.6 is 0 Å². The van der Waals surface area contributed by atoms with Crippen LogP contribution in [0.15, 0.2) is 18.2 Å². The molecule has 0 fully saturated rings. The van der Waals surface area contributed by atoms with Gasteiger partial charge in [-0.05, 0) is 50.5 Å². The number of ether oxygens (including phenoxy) is 1. The SMILES string of the molecule is CC(=O)CCCCOc1ccc(F)cc1C. The summed E-state index contributed by atoms with van der Waals surface area (Å²) in [4.78, 5) is 10.7. The maximum atomic E-state index is 12.8. The molecule has 0 radical (unpaired) electrons. The standard InChI is InChI=1S/C13H17FO2/c1-10-9-12(14)6-7-13(10)16-8-4-3-5-11(2)15/h6-7,9H,3-5,8H2,1-2H3. The molecule has 0 aromatic heterocycles. The Morgan fingerprint density at radius 1 is 1.38 bits per heavy atom. The van der Waals surface area contributed by atoms with Gasteiger partial charge in [0.25, 0.3) is 0 Å². The molecular formula is C13H17FO2. The third-order valence-electron chi connectivity index (χ3n) is 2.32. The molecule has 1 aromatic carbocycles. The summed E-state index contributed by atoms with van der Waals surface area (Å²) in [6.45, 7) is 3.97. The highest BCUT2D eigenvalue weighted by Crippen LogP contribution is 2.18. The number of carbonyl (C=O) groups is 1. The van der Waals surface area contributed by atoms with Crippen LogP contribution in [0.3, 0.4) is 0 Å². The summed E-state index contributed by atoms with van der Waals surface area (Å²) in [5.41, 5.74) is 0.798. The first-order valence-corrected chi connectivity index (χ1v) is 5.48. The van der Waals surface area contributed by atoms with Crippen LogP contribution in [-0.2, 0) is 4.79 Å². The van der Waals surface area contributed by atoms with Gasteiger partial charge in [0.1, 0.15) is 17.3 Å². The molecule has 16 heavy (non-hydrogen) atoms. The van der Waals surface area contributed by atoms with Crippen LogP contribution in [0, 0.1) is 12.7 Å². The fourth-order valence-corrected chi connectivity index (χ4v) is 1.43. The van der Waals surface area contributed by atoms with Gasteiger partial charge in [0.2, 0.25) is 0 Å². The third-order valence-corrected chi connectivity index (χ3v) is 2.32. The number of aryl methyl sites for hydroxylation is 1. The van der Waals surface area contributed by atoms with E-state index in [1.165, 1.54) is 12.1 Å². The van der Waals surface area contributed by atoms with Crippen molar-refractivity contribution in [3.8, 4) is 5.75 Å². The maximum Gasteiger partial charge on any atom is 0.129 e. The van der Waals surface area contributed by atoms with Crippen molar-refractivity contribution >= 4 is 5.78 Å². The summed E-state index contributed by atoms with van der Waals surface area (Å²) >= 11 is 0. The minimum absolute atomic E-state index is 0.206. The quantitative estimate of drug-likeness (QED) is 0.693. The number of benzene rings is 1. The van der Waals surface area contributed by atoms with Crippen molar-refractivity contribution in [2.75, 3.05) is 6.61 Å². The van der Waals surface area contributed by atoms with Crippen LogP contribution in [0.2, 0.25) is 0 Å². The lowest BCUT2D eigenvalue weighted by atomic mass is 10.2. The fraction of sp³-hybridized carbons (Fsp3) is 0.462. The van der Waals surface area contributed by atoms with Gasteiger partial charge in [0, 0.05) is 6.42 Å². The molecule has 0 bridgehead atoms. The number of ketones is 1. The van der Waals surface area contributed by atoms with Gasteiger partial charge in [0.15, 0.2) is 0 Å². The van der Waals surface area contributed by atoms with Gasteiger partial charge in [-0.1, -0.05) is 0 Å². The molecule has 0 heterocycles. The molecule has 0 unspecified atom stereocenters. The second kappa shape index (κ2) is 6.26. The Morgan fingerprint density at radius 2 is 2.12 bits per heavy atom. The van der Waals surface area contributed by atoms with E-state index in [0.29, 0.717) is 18.8 Å². The monoisotopic (exact) mass is 224 g/mol. The summed E-state index contributed by atoms with van der Waals surface area (Å²) in [5.74, 6) is 0.670. The first-order valence-electron chi connectivity index (χ1n) is 5.48. The van der Waals surface area contributed by atoms with Gasteiger partial charge < -0.3 is 9.53 Å². The highest BCUT2D eigenvalue weighted by Gasteiger charge is 2.01. The third kappa shape index (κ3) is 4.43. The normalized spacial score (nSPS) is 10.2. The van der Waals surface area contributed by atoms with Crippen LogP contribution in [0.1, 0.15) is 31.7 Å². The minimum atomic E-state index is -0.249. The second-order valence-corrected chi connectivity index (χ2v) is 3.92. The van der Waals surface area contributed by atoms with E-state index in [9.17, 15) is 9.18 Å². The number of halogens is 1. The fourth-order valence-electron chi connectivity index (χ4n) is 1.43. The van der Waals surface area contributed by atoms with Crippen molar-refractivity contribution < 1.29 is 13.9 Å². The molecule has 0 atom stereocenters. The Kier molecular flexibility index (Phi) is 4.96. The van der Waals surface area contributed by atoms with Crippen LogP contribution in [0.25, 0.3) is 0 Å². The van der Waals surface area contributed by atoms with E-state index in [-0.39, 0.29) is 11.6 Å². The summed E-state index contributed by atoms with van der Waals surface area (Å²) in [7, 11) is 0. The summed E-state index contributed by atoms with van der Waals surface area (Å²) < 4.78 is 18.3. The molecule has 1 rings (SSSR count). The van der Waals surface area contributed by atoms with Gasteiger partial charge >= 0.3 is 0 Å². The predicted octanol–water partition coefficient (Wildman–Crippen LogP) is 3.27. The molecule has 0 spiro atoms. The van der Waals surface area contributed by atoms with Crippen molar-refractivity contribution in [1.82, 2.24) is 0 Å². The zero-order valence-electron chi connectivity index (χ0n) is 9.75. The molecule has 0 amide bonds. The van der Waals surface area contributed by atoms with E-state index >= 15 is 0 Å². The van der Waals surface area contributed by atoms with Crippen molar-refractivity contribution in [2.45, 2.75) is 33.1 Å². The molecule has 0 saturated heterocycles. The summed E-state index contributed by atoms with van der Waals surface area (Å²) in [5, 5.41) is 0.